The number of imide groups is 1. The average Bonchev–Trinajstić information content (AvgIpc) is 3.07. The van der Waals surface area contributed by atoms with Crippen LogP contribution in [-0.2, 0) is 16.1 Å². The van der Waals surface area contributed by atoms with Crippen molar-refractivity contribution in [3.63, 3.8) is 0 Å². The third-order valence-corrected chi connectivity index (χ3v) is 5.39. The van der Waals surface area contributed by atoms with E-state index in [9.17, 15) is 19.2 Å². The van der Waals surface area contributed by atoms with Crippen molar-refractivity contribution in [3.05, 3.63) is 100 Å². The van der Waals surface area contributed by atoms with Gasteiger partial charge >= 0.3 is 5.97 Å². The van der Waals surface area contributed by atoms with E-state index >= 15 is 0 Å². The molecule has 0 saturated carbocycles. The predicted molar refractivity (Wildman–Crippen MR) is 122 cm³/mol. The number of aryl methyl sites for hydroxylation is 2. The first-order chi connectivity index (χ1) is 15.8. The van der Waals surface area contributed by atoms with Crippen LogP contribution in [0.15, 0.2) is 66.7 Å². The molecule has 0 saturated heterocycles. The molecule has 7 nitrogen and oxygen atoms in total. The van der Waals surface area contributed by atoms with E-state index in [0.717, 1.165) is 21.6 Å². The lowest BCUT2D eigenvalue weighted by atomic mass is 10.1. The molecule has 3 amide bonds. The van der Waals surface area contributed by atoms with E-state index in [1.165, 1.54) is 18.2 Å². The lowest BCUT2D eigenvalue weighted by molar-refractivity contribution is -0.124. The number of carbonyl (C=O) groups is 4. The number of ether oxygens (including phenoxy) is 1. The molecule has 0 atom stereocenters. The SMILES string of the molecule is Cc1ccc(C)c(N2C(=O)c3ccc(C(=O)OCC(=O)NCc4ccccc4)cc3C2=O)c1. The highest BCUT2D eigenvalue weighted by Crippen LogP contribution is 2.31. The monoisotopic (exact) mass is 442 g/mol. The summed E-state index contributed by atoms with van der Waals surface area (Å²) in [5, 5.41) is 2.67. The first-order valence-corrected chi connectivity index (χ1v) is 10.4. The number of rotatable bonds is 6. The summed E-state index contributed by atoms with van der Waals surface area (Å²) in [5.41, 5.74) is 3.58. The highest BCUT2D eigenvalue weighted by molar-refractivity contribution is 6.35. The number of nitrogens with zero attached hydrogens (tertiary/aromatic N) is 1. The summed E-state index contributed by atoms with van der Waals surface area (Å²) in [7, 11) is 0. The van der Waals surface area contributed by atoms with Gasteiger partial charge in [-0.1, -0.05) is 42.5 Å². The summed E-state index contributed by atoms with van der Waals surface area (Å²) in [4.78, 5) is 51.5. The van der Waals surface area contributed by atoms with E-state index in [4.69, 9.17) is 4.74 Å². The number of anilines is 1. The minimum atomic E-state index is -0.752. The minimum Gasteiger partial charge on any atom is -0.452 e. The van der Waals surface area contributed by atoms with Crippen LogP contribution in [0.2, 0.25) is 0 Å². The number of benzene rings is 3. The molecule has 0 spiro atoms. The Labute approximate surface area is 191 Å². The molecule has 0 radical (unpaired) electrons. The molecule has 0 bridgehead atoms. The molecule has 1 N–H and O–H groups in total. The first-order valence-electron chi connectivity index (χ1n) is 10.4. The molecule has 0 fully saturated rings. The van der Waals surface area contributed by atoms with Crippen LogP contribution in [-0.4, -0.2) is 30.3 Å². The zero-order valence-electron chi connectivity index (χ0n) is 18.3. The summed E-state index contributed by atoms with van der Waals surface area (Å²) >= 11 is 0. The second-order valence-electron chi connectivity index (χ2n) is 7.83. The fourth-order valence-electron chi connectivity index (χ4n) is 3.61. The molecule has 1 heterocycles. The molecule has 3 aromatic carbocycles. The number of fused-ring (bicyclic) bond motifs is 1. The predicted octanol–water partition coefficient (Wildman–Crippen LogP) is 3.58. The molecular weight excluding hydrogens is 420 g/mol. The highest BCUT2D eigenvalue weighted by atomic mass is 16.5. The van der Waals surface area contributed by atoms with Crippen LogP contribution in [0.5, 0.6) is 0 Å². The molecule has 166 valence electrons. The standard InChI is InChI=1S/C26H22N2O5/c1-16-8-9-17(2)22(12-16)28-24(30)20-11-10-19(13-21(20)25(28)31)26(32)33-15-23(29)27-14-18-6-4-3-5-7-18/h3-13H,14-15H2,1-2H3,(H,27,29). The number of carbonyl (C=O) groups excluding carboxylic acids is 4. The van der Waals surface area contributed by atoms with Crippen molar-refractivity contribution < 1.29 is 23.9 Å². The van der Waals surface area contributed by atoms with E-state index in [0.29, 0.717) is 12.2 Å². The summed E-state index contributed by atoms with van der Waals surface area (Å²) in [5.74, 6) is -2.14. The fourth-order valence-corrected chi connectivity index (χ4v) is 3.61. The Bertz CT molecular complexity index is 1270. The van der Waals surface area contributed by atoms with Gasteiger partial charge in [-0.25, -0.2) is 9.69 Å². The molecule has 0 aliphatic carbocycles. The molecule has 1 aliphatic heterocycles. The Hall–Kier alpha value is -4.26. The van der Waals surface area contributed by atoms with Crippen molar-refractivity contribution in [1.82, 2.24) is 5.32 Å². The van der Waals surface area contributed by atoms with Crippen LogP contribution in [0, 0.1) is 13.8 Å². The van der Waals surface area contributed by atoms with E-state index in [-0.39, 0.29) is 16.7 Å². The third-order valence-electron chi connectivity index (χ3n) is 5.39. The van der Waals surface area contributed by atoms with Gasteiger partial charge in [-0.2, -0.15) is 0 Å². The van der Waals surface area contributed by atoms with Crippen LogP contribution in [0.4, 0.5) is 5.69 Å². The average molecular weight is 442 g/mol. The number of hydrogen-bond acceptors (Lipinski definition) is 5. The Morgan fingerprint density at radius 1 is 0.879 bits per heavy atom. The van der Waals surface area contributed by atoms with Crippen LogP contribution >= 0.6 is 0 Å². The van der Waals surface area contributed by atoms with Gasteiger partial charge in [0.25, 0.3) is 17.7 Å². The Kier molecular flexibility index (Phi) is 6.04. The fraction of sp³-hybridized carbons (Fsp3) is 0.154. The maximum atomic E-state index is 13.0. The number of nitrogens with one attached hydrogen (secondary N) is 1. The van der Waals surface area contributed by atoms with Gasteiger partial charge in [0, 0.05) is 6.54 Å². The van der Waals surface area contributed by atoms with Crippen molar-refractivity contribution >= 4 is 29.4 Å². The van der Waals surface area contributed by atoms with Gasteiger partial charge in [0.2, 0.25) is 0 Å². The van der Waals surface area contributed by atoms with Gasteiger partial charge in [0.15, 0.2) is 6.61 Å². The van der Waals surface area contributed by atoms with Crippen molar-refractivity contribution in [2.24, 2.45) is 0 Å². The van der Waals surface area contributed by atoms with Gasteiger partial charge in [-0.3, -0.25) is 14.4 Å². The molecule has 4 rings (SSSR count). The van der Waals surface area contributed by atoms with Crippen LogP contribution < -0.4 is 10.2 Å². The Morgan fingerprint density at radius 3 is 2.36 bits per heavy atom. The largest absolute Gasteiger partial charge is 0.452 e. The van der Waals surface area contributed by atoms with E-state index in [1.807, 2.05) is 56.3 Å². The van der Waals surface area contributed by atoms with Crippen molar-refractivity contribution in [1.29, 1.82) is 0 Å². The molecular formula is C26H22N2O5. The van der Waals surface area contributed by atoms with Crippen molar-refractivity contribution in [3.8, 4) is 0 Å². The van der Waals surface area contributed by atoms with Crippen LogP contribution in [0.1, 0.15) is 47.8 Å². The second-order valence-corrected chi connectivity index (χ2v) is 7.83. The van der Waals surface area contributed by atoms with Crippen molar-refractivity contribution in [2.75, 3.05) is 11.5 Å². The normalized spacial score (nSPS) is 12.5. The van der Waals surface area contributed by atoms with Gasteiger partial charge < -0.3 is 10.1 Å². The van der Waals surface area contributed by atoms with Gasteiger partial charge in [0.1, 0.15) is 0 Å². The van der Waals surface area contributed by atoms with Crippen LogP contribution in [0.25, 0.3) is 0 Å². The lowest BCUT2D eigenvalue weighted by Gasteiger charge is -2.17. The first kappa shape index (κ1) is 22.0. The second kappa shape index (κ2) is 9.08. The smallest absolute Gasteiger partial charge is 0.338 e. The lowest BCUT2D eigenvalue weighted by Crippen LogP contribution is -2.30. The topological polar surface area (TPSA) is 92.8 Å². The van der Waals surface area contributed by atoms with Crippen molar-refractivity contribution in [2.45, 2.75) is 20.4 Å². The number of hydrogen-bond donors (Lipinski definition) is 1. The summed E-state index contributed by atoms with van der Waals surface area (Å²) in [6, 6.07) is 19.1. The van der Waals surface area contributed by atoms with E-state index in [2.05, 4.69) is 5.32 Å². The number of esters is 1. The molecule has 33 heavy (non-hydrogen) atoms. The Balaban J connectivity index is 1.43. The zero-order chi connectivity index (χ0) is 23.5. The third kappa shape index (κ3) is 4.52. The quantitative estimate of drug-likeness (QED) is 0.465. The molecule has 0 aromatic heterocycles. The molecule has 7 heteroatoms. The van der Waals surface area contributed by atoms with Crippen LogP contribution in [0.3, 0.4) is 0 Å². The maximum absolute atomic E-state index is 13.0. The molecule has 1 aliphatic rings. The van der Waals surface area contributed by atoms with E-state index in [1.54, 1.807) is 6.07 Å². The summed E-state index contributed by atoms with van der Waals surface area (Å²) in [6.45, 7) is 3.57. The maximum Gasteiger partial charge on any atom is 0.338 e. The number of amides is 3. The summed E-state index contributed by atoms with van der Waals surface area (Å²) in [6.07, 6.45) is 0. The molecule has 3 aromatic rings. The van der Waals surface area contributed by atoms with E-state index < -0.39 is 30.3 Å². The molecule has 0 unspecified atom stereocenters. The summed E-state index contributed by atoms with van der Waals surface area (Å²) < 4.78 is 5.09. The van der Waals surface area contributed by atoms with Gasteiger partial charge in [-0.05, 0) is 54.8 Å². The van der Waals surface area contributed by atoms with Gasteiger partial charge in [-0.15, -0.1) is 0 Å². The Morgan fingerprint density at radius 2 is 1.61 bits per heavy atom. The zero-order valence-corrected chi connectivity index (χ0v) is 18.3. The van der Waals surface area contributed by atoms with Gasteiger partial charge in [0.05, 0.1) is 22.4 Å². The minimum absolute atomic E-state index is 0.0913. The highest BCUT2D eigenvalue weighted by Gasteiger charge is 2.38.